The minimum Gasteiger partial charge on any atom is -0.350 e. The van der Waals surface area contributed by atoms with Crippen LogP contribution < -0.4 is 15.5 Å². The van der Waals surface area contributed by atoms with Crippen molar-refractivity contribution in [2.45, 2.75) is 33.0 Å². The van der Waals surface area contributed by atoms with Gasteiger partial charge in [-0.05, 0) is 25.5 Å². The van der Waals surface area contributed by atoms with E-state index in [1.807, 2.05) is 48.8 Å². The van der Waals surface area contributed by atoms with Crippen molar-refractivity contribution in [2.75, 3.05) is 22.6 Å². The summed E-state index contributed by atoms with van der Waals surface area (Å²) in [5.74, 6) is 1.12. The second kappa shape index (κ2) is 7.79. The quantitative estimate of drug-likeness (QED) is 0.659. The van der Waals surface area contributed by atoms with Crippen LogP contribution in [-0.4, -0.2) is 43.7 Å². The van der Waals surface area contributed by atoms with E-state index >= 15 is 0 Å². The van der Waals surface area contributed by atoms with Crippen molar-refractivity contribution >= 4 is 23.4 Å². The summed E-state index contributed by atoms with van der Waals surface area (Å²) in [4.78, 5) is 27.0. The fourth-order valence-electron chi connectivity index (χ4n) is 3.16. The van der Waals surface area contributed by atoms with Gasteiger partial charge in [-0.15, -0.1) is 0 Å². The maximum atomic E-state index is 12.0. The van der Waals surface area contributed by atoms with E-state index in [4.69, 9.17) is 5.26 Å². The highest BCUT2D eigenvalue weighted by Gasteiger charge is 2.30. The predicted molar refractivity (Wildman–Crippen MR) is 111 cm³/mol. The number of likely N-dealkylation sites (N-methyl/N-ethyl adjacent to an activating group) is 1. The Morgan fingerprint density at radius 3 is 2.83 bits per heavy atom. The van der Waals surface area contributed by atoms with Crippen LogP contribution in [0.25, 0.3) is 0 Å². The number of anilines is 3. The minimum atomic E-state index is -0.297. The largest absolute Gasteiger partial charge is 0.350 e. The Kier molecular flexibility index (Phi) is 5.02. The predicted octanol–water partition coefficient (Wildman–Crippen LogP) is 1.69. The van der Waals surface area contributed by atoms with Crippen molar-refractivity contribution in [1.82, 2.24) is 24.7 Å². The van der Waals surface area contributed by atoms with Crippen LogP contribution in [0, 0.1) is 18.3 Å². The Morgan fingerprint density at radius 2 is 2.10 bits per heavy atom. The average molecular weight is 403 g/mol. The summed E-state index contributed by atoms with van der Waals surface area (Å²) >= 11 is 0. The van der Waals surface area contributed by atoms with Crippen LogP contribution in [0.1, 0.15) is 29.4 Å². The first-order valence-corrected chi connectivity index (χ1v) is 9.47. The number of fused-ring (bicyclic) bond motifs is 1. The van der Waals surface area contributed by atoms with E-state index < -0.39 is 0 Å². The van der Waals surface area contributed by atoms with Crippen molar-refractivity contribution < 1.29 is 4.79 Å². The molecule has 0 unspecified atom stereocenters. The zero-order valence-electron chi connectivity index (χ0n) is 16.9. The molecule has 0 aromatic carbocycles. The molecular weight excluding hydrogens is 382 g/mol. The lowest BCUT2D eigenvalue weighted by molar-refractivity contribution is -0.117. The highest BCUT2D eigenvalue weighted by Crippen LogP contribution is 2.32. The Balaban J connectivity index is 1.44. The highest BCUT2D eigenvalue weighted by atomic mass is 16.2. The minimum absolute atomic E-state index is 0.0673. The van der Waals surface area contributed by atoms with Crippen LogP contribution in [0.5, 0.6) is 0 Å². The molecule has 0 fully saturated rings. The van der Waals surface area contributed by atoms with Gasteiger partial charge in [0.15, 0.2) is 5.82 Å². The zero-order chi connectivity index (χ0) is 21.3. The van der Waals surface area contributed by atoms with Crippen LogP contribution in [0.3, 0.4) is 0 Å². The number of aromatic nitrogens is 5. The van der Waals surface area contributed by atoms with Gasteiger partial charge in [-0.3, -0.25) is 9.48 Å². The second-order valence-corrected chi connectivity index (χ2v) is 7.17. The standard InChI is InChI=1S/C20H21N9O/c1-12-17-18(28(3)13(2)19(30)26-17)27-20(25-12)23-8-15-9-24-29(11-15)10-14-4-5-16(6-21)22-7-14/h4-5,7,9,11,13H,8,10H2,1-3H3,(H,26,30)(H,23,25,27)/t13-/m0/s1. The van der Waals surface area contributed by atoms with E-state index in [1.54, 1.807) is 18.5 Å². The SMILES string of the molecule is Cc1nc(NCc2cnn(Cc3ccc(C#N)nc3)c2)nc2c1NC(=O)[C@H](C)N2C. The fraction of sp³-hybridized carbons (Fsp3) is 0.300. The molecule has 1 aliphatic rings. The zero-order valence-corrected chi connectivity index (χ0v) is 16.9. The van der Waals surface area contributed by atoms with Gasteiger partial charge in [-0.25, -0.2) is 9.97 Å². The van der Waals surface area contributed by atoms with E-state index in [0.29, 0.717) is 41.9 Å². The fourth-order valence-corrected chi connectivity index (χ4v) is 3.16. The van der Waals surface area contributed by atoms with Gasteiger partial charge in [0.2, 0.25) is 11.9 Å². The van der Waals surface area contributed by atoms with E-state index in [9.17, 15) is 4.79 Å². The van der Waals surface area contributed by atoms with Gasteiger partial charge in [0.25, 0.3) is 0 Å². The molecule has 30 heavy (non-hydrogen) atoms. The van der Waals surface area contributed by atoms with E-state index in [2.05, 4.69) is 30.7 Å². The van der Waals surface area contributed by atoms with Crippen molar-refractivity contribution in [2.24, 2.45) is 0 Å². The van der Waals surface area contributed by atoms with E-state index in [0.717, 1.165) is 11.1 Å². The molecule has 10 nitrogen and oxygen atoms in total. The molecule has 4 rings (SSSR count). The van der Waals surface area contributed by atoms with Gasteiger partial charge in [0, 0.05) is 31.5 Å². The number of nitrogens with one attached hydrogen (secondary N) is 2. The number of hydrogen-bond acceptors (Lipinski definition) is 8. The van der Waals surface area contributed by atoms with Gasteiger partial charge >= 0.3 is 0 Å². The Morgan fingerprint density at radius 1 is 1.27 bits per heavy atom. The van der Waals surface area contributed by atoms with Crippen molar-refractivity contribution in [3.8, 4) is 6.07 Å². The number of carbonyl (C=O) groups is 1. The number of aryl methyl sites for hydroxylation is 1. The molecule has 3 aromatic heterocycles. The molecule has 3 aromatic rings. The Bertz CT molecular complexity index is 1130. The number of amides is 1. The molecule has 0 spiro atoms. The smallest absolute Gasteiger partial charge is 0.246 e. The molecule has 4 heterocycles. The van der Waals surface area contributed by atoms with Crippen LogP contribution in [-0.2, 0) is 17.9 Å². The van der Waals surface area contributed by atoms with Gasteiger partial charge in [0.05, 0.1) is 18.4 Å². The van der Waals surface area contributed by atoms with Crippen LogP contribution in [0.15, 0.2) is 30.7 Å². The molecule has 1 aliphatic heterocycles. The normalized spacial score (nSPS) is 15.3. The molecule has 0 bridgehead atoms. The lowest BCUT2D eigenvalue weighted by Crippen LogP contribution is -2.44. The first kappa shape index (κ1) is 19.3. The molecule has 2 N–H and O–H groups in total. The average Bonchev–Trinajstić information content (AvgIpc) is 3.19. The summed E-state index contributed by atoms with van der Waals surface area (Å²) in [6, 6.07) is 5.27. The molecule has 0 saturated carbocycles. The van der Waals surface area contributed by atoms with Crippen LogP contribution in [0.2, 0.25) is 0 Å². The molecule has 10 heteroatoms. The van der Waals surface area contributed by atoms with Gasteiger partial charge in [0.1, 0.15) is 23.5 Å². The topological polar surface area (TPSA) is 125 Å². The first-order valence-electron chi connectivity index (χ1n) is 9.47. The second-order valence-electron chi connectivity index (χ2n) is 7.17. The number of rotatable bonds is 5. The van der Waals surface area contributed by atoms with Gasteiger partial charge < -0.3 is 15.5 Å². The number of carbonyl (C=O) groups excluding carboxylic acids is 1. The molecular formula is C20H21N9O. The lowest BCUT2D eigenvalue weighted by Gasteiger charge is -2.32. The van der Waals surface area contributed by atoms with Crippen molar-refractivity contribution in [3.63, 3.8) is 0 Å². The van der Waals surface area contributed by atoms with E-state index in [1.165, 1.54) is 0 Å². The van der Waals surface area contributed by atoms with E-state index in [-0.39, 0.29) is 11.9 Å². The number of nitrogens with zero attached hydrogens (tertiary/aromatic N) is 7. The van der Waals surface area contributed by atoms with Crippen LogP contribution >= 0.6 is 0 Å². The highest BCUT2D eigenvalue weighted by molar-refractivity contribution is 6.03. The third-order valence-corrected chi connectivity index (χ3v) is 5.03. The molecule has 152 valence electrons. The molecule has 1 atom stereocenters. The van der Waals surface area contributed by atoms with Crippen molar-refractivity contribution in [1.29, 1.82) is 5.26 Å². The molecule has 1 amide bonds. The van der Waals surface area contributed by atoms with Crippen LogP contribution in [0.4, 0.5) is 17.5 Å². The van der Waals surface area contributed by atoms with Gasteiger partial charge in [-0.2, -0.15) is 15.3 Å². The third kappa shape index (κ3) is 3.77. The number of pyridine rings is 1. The summed E-state index contributed by atoms with van der Waals surface area (Å²) in [7, 11) is 1.85. The summed E-state index contributed by atoms with van der Waals surface area (Å²) < 4.78 is 1.81. The Hall–Kier alpha value is -4.00. The summed E-state index contributed by atoms with van der Waals surface area (Å²) in [5.41, 5.74) is 3.69. The summed E-state index contributed by atoms with van der Waals surface area (Å²) in [6.45, 7) is 4.76. The van der Waals surface area contributed by atoms with Gasteiger partial charge in [-0.1, -0.05) is 6.07 Å². The summed E-state index contributed by atoms with van der Waals surface area (Å²) in [5, 5.41) is 19.3. The third-order valence-electron chi connectivity index (χ3n) is 5.03. The Labute approximate surface area is 173 Å². The summed E-state index contributed by atoms with van der Waals surface area (Å²) in [6.07, 6.45) is 5.40. The number of nitriles is 1. The lowest BCUT2D eigenvalue weighted by atomic mass is 10.2. The van der Waals surface area contributed by atoms with Crippen molar-refractivity contribution in [3.05, 3.63) is 53.2 Å². The molecule has 0 radical (unpaired) electrons. The maximum Gasteiger partial charge on any atom is 0.246 e. The molecule has 0 aliphatic carbocycles. The maximum absolute atomic E-state index is 12.0. The molecule has 0 saturated heterocycles. The number of hydrogen-bond donors (Lipinski definition) is 2. The first-order chi connectivity index (χ1) is 14.4. The monoisotopic (exact) mass is 403 g/mol.